The number of hydrogen-bond acceptors (Lipinski definition) is 5. The molecule has 0 bridgehead atoms. The van der Waals surface area contributed by atoms with Crippen LogP contribution in [0.2, 0.25) is 0 Å². The van der Waals surface area contributed by atoms with Gasteiger partial charge in [0.2, 0.25) is 5.95 Å². The van der Waals surface area contributed by atoms with Crippen molar-refractivity contribution in [2.24, 2.45) is 0 Å². The van der Waals surface area contributed by atoms with E-state index >= 15 is 0 Å². The Kier molecular flexibility index (Phi) is 5.48. The van der Waals surface area contributed by atoms with E-state index in [0.29, 0.717) is 23.8 Å². The molecule has 0 fully saturated rings. The molecular weight excluding hydrogens is 407 g/mol. The Morgan fingerprint density at radius 2 is 1.77 bits per heavy atom. The van der Waals surface area contributed by atoms with Gasteiger partial charge in [-0.3, -0.25) is 4.79 Å². The van der Waals surface area contributed by atoms with Crippen molar-refractivity contribution in [1.29, 1.82) is 0 Å². The number of rotatable bonds is 5. The van der Waals surface area contributed by atoms with Gasteiger partial charge in [-0.2, -0.15) is 18.3 Å². The number of H-pyrrole nitrogens is 1. The van der Waals surface area contributed by atoms with Gasteiger partial charge in [0.1, 0.15) is 5.69 Å². The Bertz CT molecular complexity index is 1260. The van der Waals surface area contributed by atoms with Gasteiger partial charge in [0, 0.05) is 29.9 Å². The second-order valence-corrected chi connectivity index (χ2v) is 6.68. The van der Waals surface area contributed by atoms with Crippen molar-refractivity contribution in [1.82, 2.24) is 20.2 Å². The highest BCUT2D eigenvalue weighted by Gasteiger charge is 2.30. The average Bonchev–Trinajstić information content (AvgIpc) is 2.78. The van der Waals surface area contributed by atoms with Gasteiger partial charge in [0.25, 0.3) is 5.56 Å². The molecule has 2 aromatic carbocycles. The molecule has 0 unspecified atom stereocenters. The zero-order valence-corrected chi connectivity index (χ0v) is 16.0. The quantitative estimate of drug-likeness (QED) is 0.493. The first kappa shape index (κ1) is 20.3. The lowest BCUT2D eigenvalue weighted by Crippen LogP contribution is -2.10. The van der Waals surface area contributed by atoms with Crippen molar-refractivity contribution in [2.75, 3.05) is 5.32 Å². The van der Waals surface area contributed by atoms with Gasteiger partial charge in [-0.1, -0.05) is 42.5 Å². The number of aromatic nitrogens is 4. The smallest absolute Gasteiger partial charge is 0.350 e. The maximum Gasteiger partial charge on any atom is 0.416 e. The third-order valence-electron chi connectivity index (χ3n) is 4.50. The van der Waals surface area contributed by atoms with Gasteiger partial charge in [0.05, 0.1) is 11.3 Å². The van der Waals surface area contributed by atoms with Crippen molar-refractivity contribution in [3.8, 4) is 22.5 Å². The summed E-state index contributed by atoms with van der Waals surface area (Å²) in [5, 5.41) is 9.36. The van der Waals surface area contributed by atoms with Crippen LogP contribution in [0, 0.1) is 0 Å². The maximum atomic E-state index is 13.1. The van der Waals surface area contributed by atoms with Crippen LogP contribution in [0.4, 0.5) is 19.1 Å². The lowest BCUT2D eigenvalue weighted by Gasteiger charge is -2.11. The van der Waals surface area contributed by atoms with E-state index in [1.807, 2.05) is 30.3 Å². The molecule has 0 radical (unpaired) electrons. The summed E-state index contributed by atoms with van der Waals surface area (Å²) in [4.78, 5) is 20.5. The summed E-state index contributed by atoms with van der Waals surface area (Å²) in [6, 6.07) is 17.2. The number of halogens is 3. The first-order chi connectivity index (χ1) is 14.9. The number of anilines is 1. The lowest BCUT2D eigenvalue weighted by atomic mass is 10.0. The summed E-state index contributed by atoms with van der Waals surface area (Å²) in [6.07, 6.45) is -2.99. The van der Waals surface area contributed by atoms with Gasteiger partial charge in [-0.05, 0) is 23.8 Å². The predicted octanol–water partition coefficient (Wildman–Crippen LogP) is 4.52. The maximum absolute atomic E-state index is 13.1. The molecule has 0 saturated carbocycles. The Labute approximate surface area is 174 Å². The zero-order valence-electron chi connectivity index (χ0n) is 16.0. The molecule has 0 aliphatic carbocycles. The standard InChI is InChI=1S/C22H16F3N5O/c23-22(24,25)16-8-4-7-15(11-16)20-17(12-19(31)29-30-20)18-9-10-26-21(28-18)27-13-14-5-2-1-3-6-14/h1-12H,13H2,(H,29,31)(H,26,27,28). The highest BCUT2D eigenvalue weighted by molar-refractivity contribution is 5.78. The largest absolute Gasteiger partial charge is 0.416 e. The molecule has 0 aliphatic rings. The molecule has 4 aromatic rings. The topological polar surface area (TPSA) is 83.6 Å². The summed E-state index contributed by atoms with van der Waals surface area (Å²) < 4.78 is 39.4. The number of aromatic amines is 1. The van der Waals surface area contributed by atoms with Gasteiger partial charge in [-0.15, -0.1) is 0 Å². The van der Waals surface area contributed by atoms with Gasteiger partial charge < -0.3 is 5.32 Å². The van der Waals surface area contributed by atoms with Crippen LogP contribution in [0.3, 0.4) is 0 Å². The normalized spacial score (nSPS) is 11.3. The lowest BCUT2D eigenvalue weighted by molar-refractivity contribution is -0.137. The second kappa shape index (κ2) is 8.39. The van der Waals surface area contributed by atoms with E-state index in [9.17, 15) is 18.0 Å². The molecule has 0 atom stereocenters. The molecule has 9 heteroatoms. The van der Waals surface area contributed by atoms with Crippen LogP contribution < -0.4 is 10.9 Å². The number of alkyl halides is 3. The zero-order chi connectivity index (χ0) is 21.8. The molecule has 2 aromatic heterocycles. The third-order valence-corrected chi connectivity index (χ3v) is 4.50. The summed E-state index contributed by atoms with van der Waals surface area (Å²) in [5.41, 5.74) is 0.765. The Hall–Kier alpha value is -4.01. The molecule has 156 valence electrons. The van der Waals surface area contributed by atoms with Crippen LogP contribution in [0.25, 0.3) is 22.5 Å². The van der Waals surface area contributed by atoms with Crippen molar-refractivity contribution in [2.45, 2.75) is 12.7 Å². The molecule has 6 nitrogen and oxygen atoms in total. The number of benzene rings is 2. The fourth-order valence-electron chi connectivity index (χ4n) is 3.03. The van der Waals surface area contributed by atoms with E-state index in [-0.39, 0.29) is 11.3 Å². The van der Waals surface area contributed by atoms with Crippen molar-refractivity contribution < 1.29 is 13.2 Å². The van der Waals surface area contributed by atoms with Gasteiger partial charge in [-0.25, -0.2) is 15.1 Å². The second-order valence-electron chi connectivity index (χ2n) is 6.68. The van der Waals surface area contributed by atoms with Crippen molar-refractivity contribution in [3.05, 3.63) is 94.4 Å². The molecule has 2 N–H and O–H groups in total. The SMILES string of the molecule is O=c1cc(-c2ccnc(NCc3ccccc3)n2)c(-c2cccc(C(F)(F)F)c2)n[nH]1. The highest BCUT2D eigenvalue weighted by Crippen LogP contribution is 2.34. The molecule has 0 aliphatic heterocycles. The number of nitrogens with zero attached hydrogens (tertiary/aromatic N) is 3. The van der Waals surface area contributed by atoms with E-state index in [0.717, 1.165) is 17.7 Å². The molecule has 4 rings (SSSR count). The molecular formula is C22H16F3N5O. The molecule has 0 saturated heterocycles. The summed E-state index contributed by atoms with van der Waals surface area (Å²) >= 11 is 0. The average molecular weight is 423 g/mol. The minimum atomic E-state index is -4.50. The van der Waals surface area contributed by atoms with Crippen LogP contribution in [0.15, 0.2) is 77.7 Å². The van der Waals surface area contributed by atoms with Crippen molar-refractivity contribution >= 4 is 5.95 Å². The van der Waals surface area contributed by atoms with Crippen molar-refractivity contribution in [3.63, 3.8) is 0 Å². The van der Waals surface area contributed by atoms with E-state index in [1.165, 1.54) is 24.4 Å². The fraction of sp³-hybridized carbons (Fsp3) is 0.0909. The molecule has 0 amide bonds. The number of nitrogens with one attached hydrogen (secondary N) is 2. The van der Waals surface area contributed by atoms with Crippen LogP contribution in [0.1, 0.15) is 11.1 Å². The summed E-state index contributed by atoms with van der Waals surface area (Å²) in [6.45, 7) is 0.485. The van der Waals surface area contributed by atoms with E-state index in [4.69, 9.17) is 0 Å². The molecule has 0 spiro atoms. The Morgan fingerprint density at radius 1 is 0.968 bits per heavy atom. The highest BCUT2D eigenvalue weighted by atomic mass is 19.4. The van der Waals surface area contributed by atoms with Crippen LogP contribution in [-0.4, -0.2) is 20.2 Å². The monoisotopic (exact) mass is 423 g/mol. The summed E-state index contributed by atoms with van der Waals surface area (Å²) in [5.74, 6) is 0.316. The van der Waals surface area contributed by atoms with E-state index in [1.54, 1.807) is 6.07 Å². The van der Waals surface area contributed by atoms with Crippen LogP contribution in [0.5, 0.6) is 0 Å². The van der Waals surface area contributed by atoms with Gasteiger partial charge >= 0.3 is 6.18 Å². The predicted molar refractivity (Wildman–Crippen MR) is 110 cm³/mol. The fourth-order valence-corrected chi connectivity index (χ4v) is 3.03. The molecule has 31 heavy (non-hydrogen) atoms. The summed E-state index contributed by atoms with van der Waals surface area (Å²) in [7, 11) is 0. The third kappa shape index (κ3) is 4.77. The first-order valence-electron chi connectivity index (χ1n) is 9.29. The van der Waals surface area contributed by atoms with E-state index in [2.05, 4.69) is 25.5 Å². The minimum absolute atomic E-state index is 0.179. The minimum Gasteiger partial charge on any atom is -0.350 e. The Morgan fingerprint density at radius 3 is 2.55 bits per heavy atom. The molecule has 2 heterocycles. The van der Waals surface area contributed by atoms with Crippen LogP contribution >= 0.6 is 0 Å². The van der Waals surface area contributed by atoms with Gasteiger partial charge in [0.15, 0.2) is 0 Å². The first-order valence-corrected chi connectivity index (χ1v) is 9.29. The van der Waals surface area contributed by atoms with E-state index < -0.39 is 17.3 Å². The number of hydrogen-bond donors (Lipinski definition) is 2. The van der Waals surface area contributed by atoms with Crippen LogP contribution in [-0.2, 0) is 12.7 Å². The Balaban J connectivity index is 1.71.